The molecule has 84 valence electrons. The largest absolute Gasteiger partial charge is 0.300 e. The van der Waals surface area contributed by atoms with Crippen LogP contribution in [0.25, 0.3) is 0 Å². The Morgan fingerprint density at radius 3 is 2.19 bits per heavy atom. The number of ketones is 2. The van der Waals surface area contributed by atoms with Crippen molar-refractivity contribution in [1.29, 1.82) is 0 Å². The van der Waals surface area contributed by atoms with E-state index in [-0.39, 0.29) is 11.6 Å². The van der Waals surface area contributed by atoms with E-state index < -0.39 is 5.41 Å². The van der Waals surface area contributed by atoms with Crippen molar-refractivity contribution in [2.24, 2.45) is 0 Å². The fraction of sp³-hybridized carbons (Fsp3) is 0.429. The lowest BCUT2D eigenvalue weighted by molar-refractivity contribution is -0.127. The van der Waals surface area contributed by atoms with Crippen molar-refractivity contribution in [3.63, 3.8) is 0 Å². The molecular weight excluding hydrogens is 200 g/mol. The average Bonchev–Trinajstić information content (AvgIpc) is 2.31. The number of hydrogen-bond acceptors (Lipinski definition) is 2. The van der Waals surface area contributed by atoms with Crippen molar-refractivity contribution in [1.82, 2.24) is 0 Å². The summed E-state index contributed by atoms with van der Waals surface area (Å²) in [6, 6.07) is 9.85. The minimum atomic E-state index is -0.408. The summed E-state index contributed by atoms with van der Waals surface area (Å²) in [7, 11) is 0. The van der Waals surface area contributed by atoms with Gasteiger partial charge >= 0.3 is 0 Å². The molecule has 1 fully saturated rings. The summed E-state index contributed by atoms with van der Waals surface area (Å²) in [5.41, 5.74) is 0.657. The molecule has 0 unspecified atom stereocenters. The van der Waals surface area contributed by atoms with Gasteiger partial charge in [-0.1, -0.05) is 30.3 Å². The lowest BCUT2D eigenvalue weighted by Crippen LogP contribution is -2.38. The summed E-state index contributed by atoms with van der Waals surface area (Å²) >= 11 is 0. The van der Waals surface area contributed by atoms with E-state index in [4.69, 9.17) is 0 Å². The molecule has 0 amide bonds. The quantitative estimate of drug-likeness (QED) is 0.761. The molecule has 0 heterocycles. The maximum absolute atomic E-state index is 11.9. The Morgan fingerprint density at radius 2 is 1.69 bits per heavy atom. The third kappa shape index (κ3) is 1.80. The number of rotatable bonds is 2. The second-order valence-electron chi connectivity index (χ2n) is 4.54. The highest BCUT2D eigenvalue weighted by molar-refractivity contribution is 5.91. The zero-order valence-corrected chi connectivity index (χ0v) is 9.53. The van der Waals surface area contributed by atoms with Gasteiger partial charge in [-0.3, -0.25) is 9.59 Å². The van der Waals surface area contributed by atoms with Crippen molar-refractivity contribution in [2.75, 3.05) is 0 Å². The van der Waals surface area contributed by atoms with Crippen molar-refractivity contribution in [3.05, 3.63) is 35.9 Å². The monoisotopic (exact) mass is 216 g/mol. The van der Waals surface area contributed by atoms with Crippen LogP contribution in [-0.4, -0.2) is 11.6 Å². The van der Waals surface area contributed by atoms with Crippen molar-refractivity contribution in [3.8, 4) is 0 Å². The first-order valence-electron chi connectivity index (χ1n) is 5.73. The minimum absolute atomic E-state index is 0.186. The van der Waals surface area contributed by atoms with E-state index in [1.54, 1.807) is 6.92 Å². The van der Waals surface area contributed by atoms with E-state index in [0.717, 1.165) is 5.56 Å². The summed E-state index contributed by atoms with van der Waals surface area (Å²) in [4.78, 5) is 23.2. The number of carbonyl (C=O) groups is 2. The SMILES string of the molecule is CC(=O)C1(c2ccccc2)CCC(=O)CC1. The molecule has 0 atom stereocenters. The van der Waals surface area contributed by atoms with Crippen LogP contribution in [-0.2, 0) is 15.0 Å². The van der Waals surface area contributed by atoms with Crippen molar-refractivity contribution < 1.29 is 9.59 Å². The maximum atomic E-state index is 11.9. The first-order valence-corrected chi connectivity index (χ1v) is 5.73. The van der Waals surface area contributed by atoms with E-state index in [0.29, 0.717) is 25.7 Å². The molecule has 0 spiro atoms. The molecule has 1 aliphatic carbocycles. The van der Waals surface area contributed by atoms with E-state index in [9.17, 15) is 9.59 Å². The van der Waals surface area contributed by atoms with E-state index >= 15 is 0 Å². The second-order valence-corrected chi connectivity index (χ2v) is 4.54. The van der Waals surface area contributed by atoms with Crippen LogP contribution in [0.3, 0.4) is 0 Å². The van der Waals surface area contributed by atoms with Crippen molar-refractivity contribution in [2.45, 2.75) is 38.0 Å². The van der Waals surface area contributed by atoms with Gasteiger partial charge in [-0.25, -0.2) is 0 Å². The fourth-order valence-corrected chi connectivity index (χ4v) is 2.56. The van der Waals surface area contributed by atoms with Gasteiger partial charge in [0.2, 0.25) is 0 Å². The molecule has 2 nitrogen and oxygen atoms in total. The van der Waals surface area contributed by atoms with Gasteiger partial charge in [-0.15, -0.1) is 0 Å². The van der Waals surface area contributed by atoms with Crippen LogP contribution >= 0.6 is 0 Å². The van der Waals surface area contributed by atoms with E-state index in [1.165, 1.54) is 0 Å². The molecule has 2 heteroatoms. The highest BCUT2D eigenvalue weighted by Crippen LogP contribution is 2.38. The molecule has 0 aliphatic heterocycles. The minimum Gasteiger partial charge on any atom is -0.300 e. The van der Waals surface area contributed by atoms with Gasteiger partial charge in [-0.2, -0.15) is 0 Å². The summed E-state index contributed by atoms with van der Waals surface area (Å²) in [6.45, 7) is 1.64. The molecule has 0 N–H and O–H groups in total. The van der Waals surface area contributed by atoms with Crippen LogP contribution in [0, 0.1) is 0 Å². The Hall–Kier alpha value is -1.44. The Balaban J connectivity index is 2.37. The topological polar surface area (TPSA) is 34.1 Å². The van der Waals surface area contributed by atoms with Crippen molar-refractivity contribution >= 4 is 11.6 Å². The van der Waals surface area contributed by atoms with Gasteiger partial charge in [-0.05, 0) is 25.3 Å². The Morgan fingerprint density at radius 1 is 1.12 bits per heavy atom. The number of benzene rings is 1. The number of hydrogen-bond donors (Lipinski definition) is 0. The number of Topliss-reactive ketones (excluding diaryl/α,β-unsaturated/α-hetero) is 2. The fourth-order valence-electron chi connectivity index (χ4n) is 2.56. The molecule has 1 saturated carbocycles. The highest BCUT2D eigenvalue weighted by atomic mass is 16.1. The molecule has 0 radical (unpaired) electrons. The van der Waals surface area contributed by atoms with Gasteiger partial charge in [0.15, 0.2) is 0 Å². The van der Waals surface area contributed by atoms with Crippen LogP contribution in [0.4, 0.5) is 0 Å². The second kappa shape index (κ2) is 4.20. The zero-order valence-electron chi connectivity index (χ0n) is 9.53. The molecular formula is C14H16O2. The molecule has 16 heavy (non-hydrogen) atoms. The van der Waals surface area contributed by atoms with Crippen LogP contribution in [0.1, 0.15) is 38.2 Å². The third-order valence-electron chi connectivity index (χ3n) is 3.66. The standard InChI is InChI=1S/C14H16O2/c1-11(15)14(9-7-13(16)8-10-14)12-5-3-2-4-6-12/h2-6H,7-10H2,1H3. The van der Waals surface area contributed by atoms with E-state index in [1.807, 2.05) is 30.3 Å². The first-order chi connectivity index (χ1) is 7.65. The highest BCUT2D eigenvalue weighted by Gasteiger charge is 2.40. The Bertz CT molecular complexity index is 396. The molecule has 0 bridgehead atoms. The molecule has 0 aromatic heterocycles. The van der Waals surface area contributed by atoms with Crippen LogP contribution in [0.15, 0.2) is 30.3 Å². The lowest BCUT2D eigenvalue weighted by atomic mass is 9.67. The number of carbonyl (C=O) groups excluding carboxylic acids is 2. The van der Waals surface area contributed by atoms with Gasteiger partial charge in [0, 0.05) is 12.8 Å². The summed E-state index contributed by atoms with van der Waals surface area (Å²) in [5.74, 6) is 0.471. The molecule has 2 rings (SSSR count). The van der Waals surface area contributed by atoms with Crippen LogP contribution in [0.5, 0.6) is 0 Å². The molecule has 1 aromatic rings. The summed E-state index contributed by atoms with van der Waals surface area (Å²) in [5, 5.41) is 0. The maximum Gasteiger partial charge on any atom is 0.140 e. The smallest absolute Gasteiger partial charge is 0.140 e. The summed E-state index contributed by atoms with van der Waals surface area (Å²) in [6.07, 6.45) is 2.42. The normalized spacial score (nSPS) is 19.4. The lowest BCUT2D eigenvalue weighted by Gasteiger charge is -2.34. The van der Waals surface area contributed by atoms with Gasteiger partial charge < -0.3 is 0 Å². The van der Waals surface area contributed by atoms with Crippen LogP contribution < -0.4 is 0 Å². The van der Waals surface area contributed by atoms with E-state index in [2.05, 4.69) is 0 Å². The average molecular weight is 216 g/mol. The molecule has 0 saturated heterocycles. The first kappa shape index (κ1) is 11.1. The zero-order chi connectivity index (χ0) is 11.6. The Kier molecular flexibility index (Phi) is 2.90. The van der Waals surface area contributed by atoms with Gasteiger partial charge in [0.1, 0.15) is 11.6 Å². The van der Waals surface area contributed by atoms with Gasteiger partial charge in [0.25, 0.3) is 0 Å². The van der Waals surface area contributed by atoms with Gasteiger partial charge in [0.05, 0.1) is 5.41 Å². The Labute approximate surface area is 95.7 Å². The molecule has 1 aliphatic rings. The van der Waals surface area contributed by atoms with Crippen LogP contribution in [0.2, 0.25) is 0 Å². The molecule has 1 aromatic carbocycles. The predicted molar refractivity (Wildman–Crippen MR) is 62.3 cm³/mol. The summed E-state index contributed by atoms with van der Waals surface area (Å²) < 4.78 is 0. The predicted octanol–water partition coefficient (Wildman–Crippen LogP) is 2.66. The third-order valence-corrected chi connectivity index (χ3v) is 3.66.